The number of aromatic nitrogens is 3. The molecule has 2 aromatic heterocycles. The molecule has 0 fully saturated rings. The third-order valence-corrected chi connectivity index (χ3v) is 4.83. The molecule has 0 saturated heterocycles. The number of amidine groups is 1. The van der Waals surface area contributed by atoms with Crippen molar-refractivity contribution in [1.29, 1.82) is 0 Å². The summed E-state index contributed by atoms with van der Waals surface area (Å²) in [7, 11) is 0. The first-order valence-electron chi connectivity index (χ1n) is 8.43. The Labute approximate surface area is 163 Å². The highest BCUT2D eigenvalue weighted by Crippen LogP contribution is 2.26. The predicted octanol–water partition coefficient (Wildman–Crippen LogP) is 2.90. The molecule has 0 radical (unpaired) electrons. The van der Waals surface area contributed by atoms with Crippen molar-refractivity contribution in [2.45, 2.75) is 31.5 Å². The molecule has 2 aromatic rings. The summed E-state index contributed by atoms with van der Waals surface area (Å²) in [4.78, 5) is 27.6. The number of nitrogens with two attached hydrogens (primary N) is 1. The van der Waals surface area contributed by atoms with Crippen molar-refractivity contribution in [3.8, 4) is 0 Å². The van der Waals surface area contributed by atoms with Gasteiger partial charge in [-0.25, -0.2) is 9.97 Å². The zero-order valence-electron chi connectivity index (χ0n) is 14.6. The fraction of sp³-hybridized carbons (Fsp3) is 0.353. The highest BCUT2D eigenvalue weighted by molar-refractivity contribution is 8.13. The van der Waals surface area contributed by atoms with Crippen LogP contribution in [0.5, 0.6) is 0 Å². The van der Waals surface area contributed by atoms with Crippen LogP contribution in [0.4, 0.5) is 18.9 Å². The second-order valence-corrected chi connectivity index (χ2v) is 7.19. The first-order valence-corrected chi connectivity index (χ1v) is 9.41. The third-order valence-electron chi connectivity index (χ3n) is 3.99. The van der Waals surface area contributed by atoms with Gasteiger partial charge in [0, 0.05) is 23.3 Å². The molecule has 0 aromatic carbocycles. The molecule has 0 bridgehead atoms. The molecule has 0 aliphatic carbocycles. The quantitative estimate of drug-likeness (QED) is 0.785. The van der Waals surface area contributed by atoms with E-state index in [0.717, 1.165) is 30.5 Å². The van der Waals surface area contributed by atoms with Gasteiger partial charge in [0.1, 0.15) is 5.69 Å². The van der Waals surface area contributed by atoms with Crippen molar-refractivity contribution in [3.63, 3.8) is 0 Å². The minimum atomic E-state index is -4.60. The molecule has 0 saturated carbocycles. The van der Waals surface area contributed by atoms with E-state index in [1.165, 1.54) is 0 Å². The van der Waals surface area contributed by atoms with Crippen LogP contribution in [0, 0.1) is 0 Å². The topological polar surface area (TPSA) is 106 Å². The van der Waals surface area contributed by atoms with E-state index >= 15 is 0 Å². The summed E-state index contributed by atoms with van der Waals surface area (Å²) < 4.78 is 37.5. The first-order chi connectivity index (χ1) is 13.3. The van der Waals surface area contributed by atoms with Crippen LogP contribution < -0.4 is 11.1 Å². The van der Waals surface area contributed by atoms with E-state index in [9.17, 15) is 18.0 Å². The summed E-state index contributed by atoms with van der Waals surface area (Å²) in [5.41, 5.74) is 5.61. The van der Waals surface area contributed by atoms with E-state index in [-0.39, 0.29) is 11.7 Å². The number of halogens is 3. The lowest BCUT2D eigenvalue weighted by molar-refractivity contribution is -0.141. The van der Waals surface area contributed by atoms with E-state index in [1.807, 2.05) is 0 Å². The molecule has 28 heavy (non-hydrogen) atoms. The number of thioether (sulfide) groups is 1. The number of carbonyl (C=O) groups excluding carboxylic acids is 1. The number of aryl methyl sites for hydroxylation is 1. The number of nitrogens with one attached hydrogen (secondary N) is 1. The summed E-state index contributed by atoms with van der Waals surface area (Å²) in [5, 5.41) is 3.19. The Kier molecular flexibility index (Phi) is 6.12. The Morgan fingerprint density at radius 3 is 2.79 bits per heavy atom. The van der Waals surface area contributed by atoms with E-state index in [0.29, 0.717) is 23.5 Å². The fourth-order valence-electron chi connectivity index (χ4n) is 2.58. The Balaban J connectivity index is 1.60. The average molecular weight is 410 g/mol. The maximum Gasteiger partial charge on any atom is 0.434 e. The van der Waals surface area contributed by atoms with Gasteiger partial charge in [-0.1, -0.05) is 11.8 Å². The number of anilines is 1. The number of alkyl halides is 3. The van der Waals surface area contributed by atoms with Crippen LogP contribution >= 0.6 is 11.8 Å². The number of aliphatic imine (C=N–C) groups is 1. The normalized spacial score (nSPS) is 17.1. The molecule has 0 spiro atoms. The Hall–Kier alpha value is -2.69. The summed E-state index contributed by atoms with van der Waals surface area (Å²) >= 11 is 1.54. The number of carbonyl (C=O) groups is 1. The number of nitrogens with zero attached hydrogens (tertiary/aromatic N) is 4. The average Bonchev–Trinajstić information content (AvgIpc) is 2.66. The molecule has 3 N–H and O–H groups in total. The van der Waals surface area contributed by atoms with Gasteiger partial charge in [-0.15, -0.1) is 0 Å². The molecule has 148 valence electrons. The highest BCUT2D eigenvalue weighted by atomic mass is 32.2. The van der Waals surface area contributed by atoms with Crippen molar-refractivity contribution in [2.24, 2.45) is 10.7 Å². The number of pyridine rings is 1. The van der Waals surface area contributed by atoms with E-state index in [2.05, 4.69) is 25.3 Å². The summed E-state index contributed by atoms with van der Waals surface area (Å²) in [5.74, 6) is 0.289. The largest absolute Gasteiger partial charge is 0.434 e. The summed E-state index contributed by atoms with van der Waals surface area (Å²) in [6.45, 7) is 0. The first kappa shape index (κ1) is 20.1. The molecular weight excluding hydrogens is 393 g/mol. The maximum atomic E-state index is 12.5. The van der Waals surface area contributed by atoms with Crippen LogP contribution in [0.1, 0.15) is 34.7 Å². The van der Waals surface area contributed by atoms with Crippen LogP contribution in [0.25, 0.3) is 0 Å². The predicted molar refractivity (Wildman–Crippen MR) is 100 cm³/mol. The van der Waals surface area contributed by atoms with Crippen molar-refractivity contribution in [3.05, 3.63) is 47.8 Å². The van der Waals surface area contributed by atoms with Gasteiger partial charge in [0.25, 0.3) is 5.91 Å². The Morgan fingerprint density at radius 2 is 2.11 bits per heavy atom. The van der Waals surface area contributed by atoms with Crippen LogP contribution in [0.15, 0.2) is 35.7 Å². The standard InChI is InChI=1S/C17H17F3N6OS/c18-17(19,20)14-9-23-13(8-24-14)15(27)25-12-3-5-22-11(7-12)2-1-10-4-6-28-16(21)26-10/h3,5,7-10H,1-2,4,6H2,(H2,21,26)(H,22,25,27). The van der Waals surface area contributed by atoms with Gasteiger partial charge in [-0.05, 0) is 31.4 Å². The van der Waals surface area contributed by atoms with Crippen molar-refractivity contribution in [2.75, 3.05) is 11.1 Å². The molecule has 1 unspecified atom stereocenters. The van der Waals surface area contributed by atoms with Crippen LogP contribution in [-0.4, -0.2) is 37.8 Å². The lowest BCUT2D eigenvalue weighted by atomic mass is 10.1. The zero-order valence-corrected chi connectivity index (χ0v) is 15.4. The van der Waals surface area contributed by atoms with E-state index in [4.69, 9.17) is 5.73 Å². The van der Waals surface area contributed by atoms with Crippen LogP contribution in [0.3, 0.4) is 0 Å². The summed E-state index contributed by atoms with van der Waals surface area (Å²) in [6, 6.07) is 3.45. The minimum absolute atomic E-state index is 0.156. The molecule has 11 heteroatoms. The van der Waals surface area contributed by atoms with Crippen molar-refractivity contribution < 1.29 is 18.0 Å². The van der Waals surface area contributed by atoms with Gasteiger partial charge >= 0.3 is 6.18 Å². The number of rotatable bonds is 5. The molecule has 3 rings (SSSR count). The Morgan fingerprint density at radius 1 is 1.29 bits per heavy atom. The zero-order chi connectivity index (χ0) is 20.1. The molecule has 1 amide bonds. The molecular formula is C17H17F3N6OS. The van der Waals surface area contributed by atoms with E-state index < -0.39 is 17.8 Å². The molecule has 1 aliphatic rings. The SMILES string of the molecule is NC1=NC(CCc2cc(NC(=O)c3cnc(C(F)(F)F)cn3)ccn2)CCS1. The number of hydrogen-bond acceptors (Lipinski definition) is 7. The van der Waals surface area contributed by atoms with Gasteiger partial charge in [0.05, 0.1) is 18.4 Å². The second kappa shape index (κ2) is 8.55. The molecule has 1 aliphatic heterocycles. The number of hydrogen-bond donors (Lipinski definition) is 2. The molecule has 1 atom stereocenters. The van der Waals surface area contributed by atoms with Gasteiger partial charge in [0.15, 0.2) is 10.9 Å². The third kappa shape index (κ3) is 5.41. The minimum Gasteiger partial charge on any atom is -0.379 e. The lowest BCUT2D eigenvalue weighted by Gasteiger charge is -2.17. The fourth-order valence-corrected chi connectivity index (χ4v) is 3.41. The molecule has 7 nitrogen and oxygen atoms in total. The van der Waals surface area contributed by atoms with Crippen LogP contribution in [-0.2, 0) is 12.6 Å². The second-order valence-electron chi connectivity index (χ2n) is 6.07. The van der Waals surface area contributed by atoms with Crippen LogP contribution in [0.2, 0.25) is 0 Å². The monoisotopic (exact) mass is 410 g/mol. The highest BCUT2D eigenvalue weighted by Gasteiger charge is 2.33. The molecule has 3 heterocycles. The van der Waals surface area contributed by atoms with Gasteiger partial charge < -0.3 is 11.1 Å². The van der Waals surface area contributed by atoms with Crippen molar-refractivity contribution in [1.82, 2.24) is 15.0 Å². The maximum absolute atomic E-state index is 12.5. The lowest BCUT2D eigenvalue weighted by Crippen LogP contribution is -2.20. The Bertz CT molecular complexity index is 872. The van der Waals surface area contributed by atoms with Gasteiger partial charge in [-0.2, -0.15) is 13.2 Å². The van der Waals surface area contributed by atoms with E-state index in [1.54, 1.807) is 30.1 Å². The van der Waals surface area contributed by atoms with Crippen molar-refractivity contribution >= 4 is 28.5 Å². The number of amides is 1. The smallest absolute Gasteiger partial charge is 0.379 e. The summed E-state index contributed by atoms with van der Waals surface area (Å²) in [6.07, 6.45) is 0.678. The van der Waals surface area contributed by atoms with Gasteiger partial charge in [-0.3, -0.25) is 14.8 Å². The van der Waals surface area contributed by atoms with Gasteiger partial charge in [0.2, 0.25) is 0 Å².